The molecular weight excluding hydrogens is 294 g/mol. The summed E-state index contributed by atoms with van der Waals surface area (Å²) in [5, 5.41) is 2.80. The smallest absolute Gasteiger partial charge is 0.221 e. The van der Waals surface area contributed by atoms with E-state index in [0.717, 1.165) is 11.3 Å². The number of nitrogens with one attached hydrogen (secondary N) is 1. The van der Waals surface area contributed by atoms with Gasteiger partial charge in [0.1, 0.15) is 11.5 Å². The molecule has 1 amide bonds. The van der Waals surface area contributed by atoms with Crippen molar-refractivity contribution in [1.29, 1.82) is 0 Å². The molecule has 0 saturated heterocycles. The van der Waals surface area contributed by atoms with Crippen LogP contribution in [0.3, 0.4) is 0 Å². The van der Waals surface area contributed by atoms with Gasteiger partial charge < -0.3 is 20.5 Å². The van der Waals surface area contributed by atoms with E-state index >= 15 is 0 Å². The van der Waals surface area contributed by atoms with E-state index in [-0.39, 0.29) is 11.9 Å². The highest BCUT2D eigenvalue weighted by Crippen LogP contribution is 2.23. The molecule has 0 aliphatic rings. The third-order valence-electron chi connectivity index (χ3n) is 3.06. The maximum Gasteiger partial charge on any atom is 0.221 e. The second-order valence-corrected chi connectivity index (χ2v) is 5.24. The van der Waals surface area contributed by atoms with Gasteiger partial charge in [0.05, 0.1) is 7.11 Å². The third kappa shape index (κ3) is 5.60. The molecule has 23 heavy (non-hydrogen) atoms. The van der Waals surface area contributed by atoms with Crippen molar-refractivity contribution in [2.75, 3.05) is 7.11 Å². The molecule has 0 spiro atoms. The molecule has 6 heteroatoms. The van der Waals surface area contributed by atoms with Crippen molar-refractivity contribution < 1.29 is 14.3 Å². The predicted molar refractivity (Wildman–Crippen MR) is 87.4 cm³/mol. The lowest BCUT2D eigenvalue weighted by Crippen LogP contribution is -2.29. The van der Waals surface area contributed by atoms with Gasteiger partial charge in [-0.05, 0) is 24.6 Å². The van der Waals surface area contributed by atoms with Crippen molar-refractivity contribution in [2.24, 2.45) is 5.73 Å². The van der Waals surface area contributed by atoms with Crippen LogP contribution in [-0.2, 0) is 11.3 Å². The fraction of sp³-hybridized carbons (Fsp3) is 0.294. The Morgan fingerprint density at radius 2 is 2.09 bits per heavy atom. The highest BCUT2D eigenvalue weighted by atomic mass is 16.5. The average molecular weight is 315 g/mol. The van der Waals surface area contributed by atoms with Gasteiger partial charge in [-0.2, -0.15) is 0 Å². The van der Waals surface area contributed by atoms with Gasteiger partial charge in [0, 0.05) is 37.3 Å². The molecule has 3 N–H and O–H groups in total. The second kappa shape index (κ2) is 8.14. The monoisotopic (exact) mass is 315 g/mol. The molecule has 6 nitrogen and oxygen atoms in total. The summed E-state index contributed by atoms with van der Waals surface area (Å²) in [4.78, 5) is 15.8. The van der Waals surface area contributed by atoms with Crippen molar-refractivity contribution in [2.45, 2.75) is 25.9 Å². The van der Waals surface area contributed by atoms with Crippen LogP contribution in [0, 0.1) is 0 Å². The summed E-state index contributed by atoms with van der Waals surface area (Å²) < 4.78 is 10.8. The summed E-state index contributed by atoms with van der Waals surface area (Å²) in [6.45, 7) is 2.21. The Hall–Kier alpha value is -2.60. The summed E-state index contributed by atoms with van der Waals surface area (Å²) in [5.74, 6) is 1.77. The number of rotatable bonds is 7. The molecular formula is C17H21N3O3. The SMILES string of the molecule is COc1cccc(Oc2ccc(CNC(=O)CC(C)N)cn2)c1. The van der Waals surface area contributed by atoms with Gasteiger partial charge in [-0.25, -0.2) is 4.98 Å². The molecule has 1 unspecified atom stereocenters. The predicted octanol–water partition coefficient (Wildman–Crippen LogP) is 2.24. The first kappa shape index (κ1) is 16.8. The van der Waals surface area contributed by atoms with Crippen LogP contribution in [0.4, 0.5) is 0 Å². The molecule has 1 aromatic heterocycles. The fourth-order valence-corrected chi connectivity index (χ4v) is 1.93. The molecule has 0 aliphatic carbocycles. The van der Waals surface area contributed by atoms with Gasteiger partial charge in [0.2, 0.25) is 11.8 Å². The number of nitrogens with two attached hydrogens (primary N) is 1. The lowest BCUT2D eigenvalue weighted by atomic mass is 10.2. The number of hydrogen-bond donors (Lipinski definition) is 2. The Labute approximate surface area is 135 Å². The molecule has 0 bridgehead atoms. The number of hydrogen-bond acceptors (Lipinski definition) is 5. The van der Waals surface area contributed by atoms with Crippen molar-refractivity contribution in [3.8, 4) is 17.4 Å². The highest BCUT2D eigenvalue weighted by Gasteiger charge is 2.05. The molecule has 0 radical (unpaired) electrons. The quantitative estimate of drug-likeness (QED) is 0.818. The van der Waals surface area contributed by atoms with Crippen LogP contribution in [0.25, 0.3) is 0 Å². The van der Waals surface area contributed by atoms with E-state index in [9.17, 15) is 4.79 Å². The minimum absolute atomic E-state index is 0.0725. The summed E-state index contributed by atoms with van der Waals surface area (Å²) in [5.41, 5.74) is 6.47. The van der Waals surface area contributed by atoms with Crippen LogP contribution >= 0.6 is 0 Å². The van der Waals surface area contributed by atoms with Gasteiger partial charge in [0.25, 0.3) is 0 Å². The van der Waals surface area contributed by atoms with Crippen molar-refractivity contribution in [1.82, 2.24) is 10.3 Å². The zero-order valence-corrected chi connectivity index (χ0v) is 13.3. The standard InChI is InChI=1S/C17H21N3O3/c1-12(18)8-16(21)19-10-13-6-7-17(20-11-13)23-15-5-3-4-14(9-15)22-2/h3-7,9,11-12H,8,10,18H2,1-2H3,(H,19,21). The minimum Gasteiger partial charge on any atom is -0.497 e. The van der Waals surface area contributed by atoms with Crippen LogP contribution in [0.2, 0.25) is 0 Å². The molecule has 2 aromatic rings. The minimum atomic E-state index is -0.147. The normalized spacial score (nSPS) is 11.6. The van der Waals surface area contributed by atoms with Crippen molar-refractivity contribution >= 4 is 5.91 Å². The number of carbonyl (C=O) groups is 1. The number of aromatic nitrogens is 1. The summed E-state index contributed by atoms with van der Waals surface area (Å²) in [6, 6.07) is 10.8. The number of methoxy groups -OCH3 is 1. The van der Waals surface area contributed by atoms with Crippen molar-refractivity contribution in [3.63, 3.8) is 0 Å². The number of ether oxygens (including phenoxy) is 2. The first-order valence-corrected chi connectivity index (χ1v) is 7.36. The van der Waals surface area contributed by atoms with Gasteiger partial charge in [-0.15, -0.1) is 0 Å². The van der Waals surface area contributed by atoms with E-state index in [1.165, 1.54) is 0 Å². The molecule has 0 aliphatic heterocycles. The Kier molecular flexibility index (Phi) is 5.94. The summed E-state index contributed by atoms with van der Waals surface area (Å²) in [6.07, 6.45) is 1.98. The van der Waals surface area contributed by atoms with Gasteiger partial charge >= 0.3 is 0 Å². The van der Waals surface area contributed by atoms with E-state index < -0.39 is 0 Å². The average Bonchev–Trinajstić information content (AvgIpc) is 2.54. The molecule has 1 heterocycles. The number of nitrogens with zero attached hydrogens (tertiary/aromatic N) is 1. The lowest BCUT2D eigenvalue weighted by molar-refractivity contribution is -0.121. The van der Waals surface area contributed by atoms with Crippen LogP contribution in [-0.4, -0.2) is 24.0 Å². The highest BCUT2D eigenvalue weighted by molar-refractivity contribution is 5.76. The largest absolute Gasteiger partial charge is 0.497 e. The van der Waals surface area contributed by atoms with E-state index in [1.807, 2.05) is 24.3 Å². The molecule has 1 aromatic carbocycles. The number of carbonyl (C=O) groups excluding carboxylic acids is 1. The Morgan fingerprint density at radius 1 is 1.30 bits per heavy atom. The zero-order chi connectivity index (χ0) is 16.7. The van der Waals surface area contributed by atoms with Gasteiger partial charge in [0.15, 0.2) is 0 Å². The topological polar surface area (TPSA) is 86.5 Å². The van der Waals surface area contributed by atoms with Crippen molar-refractivity contribution in [3.05, 3.63) is 48.2 Å². The van der Waals surface area contributed by atoms with E-state index in [1.54, 1.807) is 32.4 Å². The van der Waals surface area contributed by atoms with Crippen LogP contribution < -0.4 is 20.5 Å². The lowest BCUT2D eigenvalue weighted by Gasteiger charge is -2.09. The Balaban J connectivity index is 1.90. The Bertz CT molecular complexity index is 642. The maximum absolute atomic E-state index is 11.5. The van der Waals surface area contributed by atoms with Crippen LogP contribution in [0.15, 0.2) is 42.6 Å². The molecule has 2 rings (SSSR count). The van der Waals surface area contributed by atoms with Gasteiger partial charge in [-0.1, -0.05) is 12.1 Å². The zero-order valence-electron chi connectivity index (χ0n) is 13.3. The summed E-state index contributed by atoms with van der Waals surface area (Å²) >= 11 is 0. The van der Waals surface area contributed by atoms with E-state index in [0.29, 0.717) is 24.6 Å². The Morgan fingerprint density at radius 3 is 2.74 bits per heavy atom. The molecule has 1 atom stereocenters. The molecule has 122 valence electrons. The van der Waals surface area contributed by atoms with Crippen LogP contribution in [0.5, 0.6) is 17.4 Å². The van der Waals surface area contributed by atoms with E-state index in [4.69, 9.17) is 15.2 Å². The molecule has 0 saturated carbocycles. The fourth-order valence-electron chi connectivity index (χ4n) is 1.93. The number of amides is 1. The summed E-state index contributed by atoms with van der Waals surface area (Å²) in [7, 11) is 1.60. The third-order valence-corrected chi connectivity index (χ3v) is 3.06. The van der Waals surface area contributed by atoms with Gasteiger partial charge in [-0.3, -0.25) is 4.79 Å². The number of pyridine rings is 1. The molecule has 0 fully saturated rings. The van der Waals surface area contributed by atoms with Crippen LogP contribution in [0.1, 0.15) is 18.9 Å². The number of benzene rings is 1. The second-order valence-electron chi connectivity index (χ2n) is 5.24. The maximum atomic E-state index is 11.5. The first-order valence-electron chi connectivity index (χ1n) is 7.36. The van der Waals surface area contributed by atoms with E-state index in [2.05, 4.69) is 10.3 Å². The first-order chi connectivity index (χ1) is 11.1.